The fourth-order valence-electron chi connectivity index (χ4n) is 17.8. The first-order valence-corrected chi connectivity index (χ1v) is 33.0. The first-order valence-electron chi connectivity index (χ1n) is 33.0. The molecule has 12 aromatic carbocycles. The fourth-order valence-corrected chi connectivity index (χ4v) is 17.8. The zero-order chi connectivity index (χ0) is 59.4. The summed E-state index contributed by atoms with van der Waals surface area (Å²) < 4.78 is 14.5. The van der Waals surface area contributed by atoms with Gasteiger partial charge in [0.25, 0.3) is 0 Å². The quantitative estimate of drug-likeness (QED) is 0.144. The van der Waals surface area contributed by atoms with E-state index in [2.05, 4.69) is 290 Å². The molecule has 4 aliphatic carbocycles. The maximum Gasteiger partial charge on any atom is 0.132 e. The summed E-state index contributed by atoms with van der Waals surface area (Å²) >= 11 is 0. The summed E-state index contributed by atoms with van der Waals surface area (Å²) in [6.07, 6.45) is 12.6. The summed E-state index contributed by atoms with van der Waals surface area (Å²) in [4.78, 5) is 2.57. The Bertz CT molecular complexity index is 4600. The molecule has 2 saturated carbocycles. The number of anilines is 3. The van der Waals surface area contributed by atoms with Crippen molar-refractivity contribution in [1.82, 2.24) is 0 Å². The molecule has 0 N–H and O–H groups in total. The van der Waals surface area contributed by atoms with Crippen LogP contribution in [0.25, 0.3) is 22.3 Å². The molecule has 6 aliphatic rings. The highest BCUT2D eigenvalue weighted by molar-refractivity contribution is 5.94. The zero-order valence-corrected chi connectivity index (χ0v) is 50.6. The summed E-state index contributed by atoms with van der Waals surface area (Å²) in [6, 6.07) is 108. The summed E-state index contributed by atoms with van der Waals surface area (Å²) in [6.45, 7) is 0. The summed E-state index contributed by atoms with van der Waals surface area (Å²) in [5.74, 6) is 4.61. The van der Waals surface area contributed by atoms with E-state index in [4.69, 9.17) is 9.47 Å². The van der Waals surface area contributed by atoms with Gasteiger partial charge in [0.2, 0.25) is 0 Å². The van der Waals surface area contributed by atoms with Crippen LogP contribution in [-0.2, 0) is 16.2 Å². The van der Waals surface area contributed by atoms with Crippen molar-refractivity contribution >= 4 is 17.1 Å². The first kappa shape index (κ1) is 53.1. The molecule has 18 rings (SSSR count). The Labute approximate surface area is 528 Å². The molecule has 12 aromatic rings. The van der Waals surface area contributed by atoms with Gasteiger partial charge in [-0.25, -0.2) is 0 Å². The average Bonchev–Trinajstić information content (AvgIpc) is 1.43. The number of benzene rings is 12. The third kappa shape index (κ3) is 7.78. The Hall–Kier alpha value is -9.96. The van der Waals surface area contributed by atoms with E-state index < -0.39 is 16.2 Å². The molecule has 0 bridgehead atoms. The molecule has 2 fully saturated rings. The van der Waals surface area contributed by atoms with Crippen LogP contribution in [0, 0.1) is 0 Å². The molecule has 0 radical (unpaired) electrons. The second-order valence-electron chi connectivity index (χ2n) is 26.2. The molecular weight excluding hydrogens is 1090 g/mol. The first-order chi connectivity index (χ1) is 44.6. The average molecular weight is 1160 g/mol. The van der Waals surface area contributed by atoms with Crippen LogP contribution in [0.3, 0.4) is 0 Å². The Balaban J connectivity index is 0.933. The Morgan fingerprint density at radius 1 is 0.244 bits per heavy atom. The SMILES string of the molecule is c1ccc(C2(c3ccccc3)c3ccccc3Oc3ccc(N(c4ccc5c(c4)C(c4ccccc4)(c4ccccc4)c4ccccc4-5)c4ccc5c(c4)C4(c6cc(C7CCCCC7)ccc6Oc6ccc(C7CCCCC7)cc64)c4ccccc4-5)cc32)cc1. The maximum atomic E-state index is 7.30. The van der Waals surface area contributed by atoms with Gasteiger partial charge in [-0.3, -0.25) is 0 Å². The van der Waals surface area contributed by atoms with E-state index in [9.17, 15) is 0 Å². The summed E-state index contributed by atoms with van der Waals surface area (Å²) in [7, 11) is 0. The fraction of sp³-hybridized carbons (Fsp3) is 0.172. The number of nitrogens with zero attached hydrogens (tertiary/aromatic N) is 1. The predicted molar refractivity (Wildman–Crippen MR) is 366 cm³/mol. The summed E-state index contributed by atoms with van der Waals surface area (Å²) in [5.41, 5.74) is 23.7. The zero-order valence-electron chi connectivity index (χ0n) is 50.6. The standard InChI is InChI=1S/C87H69NO2/c1-7-25-58(26-8-1)60-43-50-82-78(53-60)87(79-54-61(44-51-83(79)90-82)59-27-9-2-10-28-59)74-40-22-20-38-70(74)72-49-46-67(56-77(72)87)88(66-45-48-71-69-37-19-21-39-73(69)85(76(71)55-66,62-29-11-3-12-30-62)63-31-13-4-14-32-63)68-47-52-84-80(57-68)86(64-33-15-5-16-34-64,65-35-17-6-18-36-65)75-41-23-24-42-81(75)89-84/h3-6,11-24,29-59H,1-2,7-10,25-28H2. The van der Waals surface area contributed by atoms with E-state index in [1.54, 1.807) is 0 Å². The van der Waals surface area contributed by atoms with Gasteiger partial charge < -0.3 is 14.4 Å². The van der Waals surface area contributed by atoms with Crippen LogP contribution >= 0.6 is 0 Å². The molecule has 434 valence electrons. The predicted octanol–water partition coefficient (Wildman–Crippen LogP) is 22.6. The van der Waals surface area contributed by atoms with E-state index in [1.807, 2.05) is 0 Å². The highest BCUT2D eigenvalue weighted by Gasteiger charge is 2.53. The van der Waals surface area contributed by atoms with Gasteiger partial charge in [0, 0.05) is 39.3 Å². The number of hydrogen-bond acceptors (Lipinski definition) is 3. The van der Waals surface area contributed by atoms with Gasteiger partial charge in [0.05, 0.1) is 16.2 Å². The number of rotatable bonds is 9. The molecule has 0 unspecified atom stereocenters. The second kappa shape index (κ2) is 21.1. The van der Waals surface area contributed by atoms with Crippen molar-refractivity contribution in [3.8, 4) is 45.3 Å². The highest BCUT2D eigenvalue weighted by Crippen LogP contribution is 2.65. The smallest absolute Gasteiger partial charge is 0.132 e. The largest absolute Gasteiger partial charge is 0.457 e. The second-order valence-corrected chi connectivity index (χ2v) is 26.2. The van der Waals surface area contributed by atoms with Gasteiger partial charge in [0.15, 0.2) is 0 Å². The number of para-hydroxylation sites is 1. The van der Waals surface area contributed by atoms with Gasteiger partial charge in [-0.05, 0) is 176 Å². The van der Waals surface area contributed by atoms with Crippen molar-refractivity contribution in [3.05, 3.63) is 363 Å². The molecule has 0 amide bonds. The van der Waals surface area contributed by atoms with Crippen molar-refractivity contribution in [2.45, 2.75) is 92.3 Å². The number of fused-ring (bicyclic) bond motifs is 14. The van der Waals surface area contributed by atoms with Crippen molar-refractivity contribution < 1.29 is 9.47 Å². The highest BCUT2D eigenvalue weighted by atomic mass is 16.5. The normalized spacial score (nSPS) is 16.8. The molecule has 0 atom stereocenters. The van der Waals surface area contributed by atoms with Gasteiger partial charge in [-0.1, -0.05) is 263 Å². The van der Waals surface area contributed by atoms with Gasteiger partial charge in [-0.2, -0.15) is 0 Å². The lowest BCUT2D eigenvalue weighted by atomic mass is 9.63. The van der Waals surface area contributed by atoms with Crippen LogP contribution < -0.4 is 14.4 Å². The van der Waals surface area contributed by atoms with Crippen molar-refractivity contribution in [1.29, 1.82) is 0 Å². The minimum Gasteiger partial charge on any atom is -0.457 e. The molecular formula is C87H69NO2. The lowest BCUT2D eigenvalue weighted by Gasteiger charge is -2.42. The van der Waals surface area contributed by atoms with Crippen molar-refractivity contribution in [3.63, 3.8) is 0 Å². The lowest BCUT2D eigenvalue weighted by molar-refractivity contribution is 0.424. The van der Waals surface area contributed by atoms with E-state index >= 15 is 0 Å². The van der Waals surface area contributed by atoms with Gasteiger partial charge in [-0.15, -0.1) is 0 Å². The molecule has 2 heterocycles. The molecule has 0 aromatic heterocycles. The molecule has 2 aliphatic heterocycles. The van der Waals surface area contributed by atoms with Gasteiger partial charge in [0.1, 0.15) is 23.0 Å². The molecule has 3 nitrogen and oxygen atoms in total. The lowest BCUT2D eigenvalue weighted by Crippen LogP contribution is -2.34. The van der Waals surface area contributed by atoms with Crippen molar-refractivity contribution in [2.24, 2.45) is 0 Å². The van der Waals surface area contributed by atoms with Crippen LogP contribution in [0.2, 0.25) is 0 Å². The Morgan fingerprint density at radius 3 is 1.03 bits per heavy atom. The third-order valence-corrected chi connectivity index (χ3v) is 21.7. The number of ether oxygens (including phenoxy) is 2. The molecule has 0 saturated heterocycles. The van der Waals surface area contributed by atoms with E-state index in [1.165, 1.54) is 153 Å². The van der Waals surface area contributed by atoms with Crippen LogP contribution in [0.5, 0.6) is 23.0 Å². The van der Waals surface area contributed by atoms with Crippen LogP contribution in [0.15, 0.2) is 285 Å². The molecule has 90 heavy (non-hydrogen) atoms. The van der Waals surface area contributed by atoms with Crippen LogP contribution in [0.4, 0.5) is 17.1 Å². The Kier molecular flexibility index (Phi) is 12.4. The van der Waals surface area contributed by atoms with E-state index in [-0.39, 0.29) is 0 Å². The minimum atomic E-state index is -0.741. The molecule has 3 heteroatoms. The van der Waals surface area contributed by atoms with E-state index in [0.717, 1.165) is 51.2 Å². The minimum absolute atomic E-state index is 0.512. The van der Waals surface area contributed by atoms with Crippen LogP contribution in [-0.4, -0.2) is 0 Å². The maximum absolute atomic E-state index is 7.30. The van der Waals surface area contributed by atoms with Gasteiger partial charge >= 0.3 is 0 Å². The van der Waals surface area contributed by atoms with E-state index in [0.29, 0.717) is 11.8 Å². The van der Waals surface area contributed by atoms with Crippen LogP contribution in [0.1, 0.15) is 154 Å². The third-order valence-electron chi connectivity index (χ3n) is 21.7. The monoisotopic (exact) mass is 1160 g/mol. The van der Waals surface area contributed by atoms with Crippen molar-refractivity contribution in [2.75, 3.05) is 4.90 Å². The molecule has 1 spiro atoms. The number of hydrogen-bond donors (Lipinski definition) is 0. The Morgan fingerprint density at radius 2 is 0.567 bits per heavy atom. The summed E-state index contributed by atoms with van der Waals surface area (Å²) in [5, 5.41) is 0. The topological polar surface area (TPSA) is 21.7 Å².